The molecule has 10 heteroatoms. The molecule has 0 saturated carbocycles. The molecule has 0 heterocycles. The van der Waals surface area contributed by atoms with Crippen molar-refractivity contribution in [1.82, 2.24) is 5.32 Å². The van der Waals surface area contributed by atoms with Crippen molar-refractivity contribution in [2.75, 3.05) is 40.9 Å². The number of carbonyl (C=O) groups is 1. The summed E-state index contributed by atoms with van der Waals surface area (Å²) in [6, 6.07) is -1.10. The van der Waals surface area contributed by atoms with Gasteiger partial charge >= 0.3 is 0 Å². The van der Waals surface area contributed by atoms with E-state index in [0.717, 1.165) is 70.6 Å². The highest BCUT2D eigenvalue weighted by Gasteiger charge is 2.29. The average Bonchev–Trinajstić information content (AvgIpc) is 3.29. The Morgan fingerprint density at radius 2 is 0.940 bits per heavy atom. The number of unbranched alkanes of at least 4 members (excludes halogenated alkanes) is 20. The van der Waals surface area contributed by atoms with E-state index in [1.807, 2.05) is 21.1 Å². The number of aliphatic hydroxyl groups excluding tert-OH is 2. The highest BCUT2D eigenvalue weighted by atomic mass is 31.2. The number of nitrogens with one attached hydrogen (secondary N) is 1. The molecule has 0 aromatic heterocycles. The molecule has 0 aliphatic carbocycles. The van der Waals surface area contributed by atoms with E-state index in [1.165, 1.54) is 103 Å². The van der Waals surface area contributed by atoms with Crippen LogP contribution in [-0.4, -0.2) is 79.8 Å². The van der Waals surface area contributed by atoms with Gasteiger partial charge in [-0.15, -0.1) is 0 Å². The van der Waals surface area contributed by atoms with Crippen LogP contribution < -0.4 is 10.2 Å². The maximum atomic E-state index is 13.0. The minimum Gasteiger partial charge on any atom is -0.756 e. The number of allylic oxidation sites excluding steroid dienone is 14. The first-order valence-electron chi connectivity index (χ1n) is 27.0. The van der Waals surface area contributed by atoms with Crippen LogP contribution in [-0.2, 0) is 18.4 Å². The zero-order chi connectivity index (χ0) is 49.4. The van der Waals surface area contributed by atoms with Crippen LogP contribution in [0.1, 0.15) is 213 Å². The van der Waals surface area contributed by atoms with Crippen molar-refractivity contribution >= 4 is 13.7 Å². The SMILES string of the molecule is CC/C=C\C/C=C\C/C=C\C/C=C\C/C=C\C/C=C\CCCCCCCCCCCCCCC(=O)NC(COP(=O)([O-])OCC[N+](C)(C)C)C(O)C(O)CCC/C=C/CCCCCCCCC. The Labute approximate surface area is 412 Å². The number of phosphoric acid groups is 1. The summed E-state index contributed by atoms with van der Waals surface area (Å²) in [5, 5.41) is 24.7. The second kappa shape index (κ2) is 47.3. The fourth-order valence-corrected chi connectivity index (χ4v) is 8.16. The molecule has 0 aliphatic heterocycles. The summed E-state index contributed by atoms with van der Waals surface area (Å²) >= 11 is 0. The maximum Gasteiger partial charge on any atom is 0.268 e. The minimum absolute atomic E-state index is 0.0498. The quantitative estimate of drug-likeness (QED) is 0.0240. The van der Waals surface area contributed by atoms with Gasteiger partial charge in [0.1, 0.15) is 19.3 Å². The fourth-order valence-electron chi connectivity index (χ4n) is 7.43. The van der Waals surface area contributed by atoms with E-state index in [4.69, 9.17) is 9.05 Å². The molecule has 0 bridgehead atoms. The zero-order valence-electron chi connectivity index (χ0n) is 43.7. The van der Waals surface area contributed by atoms with Crippen molar-refractivity contribution in [2.24, 2.45) is 0 Å². The molecule has 1 amide bonds. The molecule has 0 radical (unpaired) electrons. The third-order valence-electron chi connectivity index (χ3n) is 11.7. The van der Waals surface area contributed by atoms with Gasteiger partial charge < -0.3 is 34.0 Å². The van der Waals surface area contributed by atoms with Crippen molar-refractivity contribution < 1.29 is 38.0 Å². The lowest BCUT2D eigenvalue weighted by Gasteiger charge is -2.31. The van der Waals surface area contributed by atoms with E-state index in [1.54, 1.807) is 0 Å². The molecule has 0 aliphatic rings. The fraction of sp³-hybridized carbons (Fsp3) is 0.737. The molecule has 3 N–H and O–H groups in total. The van der Waals surface area contributed by atoms with E-state index in [2.05, 4.69) is 104 Å². The Balaban J connectivity index is 4.23. The van der Waals surface area contributed by atoms with Gasteiger partial charge in [-0.2, -0.15) is 0 Å². The highest BCUT2D eigenvalue weighted by molar-refractivity contribution is 7.45. The van der Waals surface area contributed by atoms with E-state index < -0.39 is 32.7 Å². The van der Waals surface area contributed by atoms with Gasteiger partial charge in [-0.1, -0.05) is 202 Å². The molecule has 9 nitrogen and oxygen atoms in total. The number of nitrogens with zero attached hydrogens (tertiary/aromatic N) is 1. The normalized spacial score (nSPS) is 15.2. The predicted octanol–water partition coefficient (Wildman–Crippen LogP) is 14.4. The molecule has 67 heavy (non-hydrogen) atoms. The van der Waals surface area contributed by atoms with Crippen LogP contribution in [0.5, 0.6) is 0 Å². The molecular formula is C57H103N2O7P. The molecule has 0 spiro atoms. The summed E-state index contributed by atoms with van der Waals surface area (Å²) < 4.78 is 23.2. The lowest BCUT2D eigenvalue weighted by atomic mass is 10.0. The molecule has 0 rings (SSSR count). The Hall–Kier alpha value is -2.36. The second-order valence-corrected chi connectivity index (χ2v) is 20.7. The van der Waals surface area contributed by atoms with Gasteiger partial charge in [-0.3, -0.25) is 9.36 Å². The van der Waals surface area contributed by atoms with Crippen LogP contribution in [0.3, 0.4) is 0 Å². The van der Waals surface area contributed by atoms with Crippen LogP contribution in [0.2, 0.25) is 0 Å². The molecule has 0 saturated heterocycles. The number of amides is 1. The topological polar surface area (TPSA) is 128 Å². The minimum atomic E-state index is -4.68. The first kappa shape index (κ1) is 64.6. The first-order chi connectivity index (χ1) is 32.4. The van der Waals surface area contributed by atoms with Crippen LogP contribution in [0.4, 0.5) is 0 Å². The summed E-state index contributed by atoms with van der Waals surface area (Å²) in [6.07, 6.45) is 62.1. The van der Waals surface area contributed by atoms with Crippen LogP contribution >= 0.6 is 7.82 Å². The molecule has 0 fully saturated rings. The number of likely N-dealkylation sites (N-methyl/N-ethyl adjacent to an activating group) is 1. The van der Waals surface area contributed by atoms with E-state index in [-0.39, 0.29) is 18.9 Å². The van der Waals surface area contributed by atoms with Crippen molar-refractivity contribution in [3.8, 4) is 0 Å². The van der Waals surface area contributed by atoms with Gasteiger partial charge in [0.2, 0.25) is 5.91 Å². The highest BCUT2D eigenvalue weighted by Crippen LogP contribution is 2.38. The number of carbonyl (C=O) groups excluding carboxylic acids is 1. The summed E-state index contributed by atoms with van der Waals surface area (Å²) in [4.78, 5) is 25.5. The Morgan fingerprint density at radius 3 is 1.39 bits per heavy atom. The number of aliphatic hydroxyl groups is 2. The smallest absolute Gasteiger partial charge is 0.268 e. The summed E-state index contributed by atoms with van der Waals surface area (Å²) in [5.41, 5.74) is 0. The summed E-state index contributed by atoms with van der Waals surface area (Å²) in [7, 11) is 1.10. The third kappa shape index (κ3) is 48.5. The van der Waals surface area contributed by atoms with Crippen LogP contribution in [0.15, 0.2) is 85.1 Å². The monoisotopic (exact) mass is 959 g/mol. The molecule has 4 unspecified atom stereocenters. The predicted molar refractivity (Wildman–Crippen MR) is 285 cm³/mol. The van der Waals surface area contributed by atoms with E-state index >= 15 is 0 Å². The average molecular weight is 959 g/mol. The van der Waals surface area contributed by atoms with Crippen molar-refractivity contribution in [3.63, 3.8) is 0 Å². The summed E-state index contributed by atoms with van der Waals surface area (Å²) in [6.45, 7) is 4.28. The largest absolute Gasteiger partial charge is 0.756 e. The van der Waals surface area contributed by atoms with Crippen molar-refractivity contribution in [3.05, 3.63) is 85.1 Å². The van der Waals surface area contributed by atoms with E-state index in [9.17, 15) is 24.5 Å². The van der Waals surface area contributed by atoms with Crippen LogP contribution in [0, 0.1) is 0 Å². The third-order valence-corrected chi connectivity index (χ3v) is 12.7. The molecular weight excluding hydrogens is 856 g/mol. The molecule has 0 aromatic rings. The number of hydrogen-bond acceptors (Lipinski definition) is 7. The lowest BCUT2D eigenvalue weighted by Crippen LogP contribution is -2.51. The van der Waals surface area contributed by atoms with Gasteiger partial charge in [0, 0.05) is 6.42 Å². The van der Waals surface area contributed by atoms with Gasteiger partial charge in [-0.25, -0.2) is 0 Å². The van der Waals surface area contributed by atoms with Gasteiger partial charge in [0.05, 0.1) is 39.9 Å². The van der Waals surface area contributed by atoms with E-state index in [0.29, 0.717) is 30.3 Å². The number of rotatable bonds is 48. The first-order valence-corrected chi connectivity index (χ1v) is 28.5. The lowest BCUT2D eigenvalue weighted by molar-refractivity contribution is -0.870. The molecule has 388 valence electrons. The maximum absolute atomic E-state index is 13.0. The van der Waals surface area contributed by atoms with Crippen molar-refractivity contribution in [1.29, 1.82) is 0 Å². The van der Waals surface area contributed by atoms with Gasteiger partial charge in [-0.05, 0) is 89.9 Å². The Kier molecular flexibility index (Phi) is 45.7. The standard InChI is InChI=1S/C57H103N2O7P/c1-6-8-10-12-14-16-18-20-21-22-23-24-25-26-27-28-29-30-31-32-33-34-35-36-37-38-40-42-44-46-48-50-56(61)58-54(53-66-67(63,64)65-52-51-59(3,4)5)57(62)55(60)49-47-45-43-41-39-19-17-15-13-11-9-7-2/h8,10,14,16,20-21,23-24,26-27,29-30,41,43,54-55,57,60,62H,6-7,9,11-13,15,17-19,22,25,28,31-40,42,44-53H2,1-5H3,(H-,58,61,63,64)/b10-8-,16-14-,21-20-,24-23-,27-26-,30-29-,43-41+. The Morgan fingerprint density at radius 1 is 0.552 bits per heavy atom. The Bertz CT molecular complexity index is 1380. The number of phosphoric ester groups is 1. The number of quaternary nitrogens is 1. The molecule has 4 atom stereocenters. The van der Waals surface area contributed by atoms with Crippen LogP contribution in [0.25, 0.3) is 0 Å². The van der Waals surface area contributed by atoms with Gasteiger partial charge in [0.15, 0.2) is 0 Å². The summed E-state index contributed by atoms with van der Waals surface area (Å²) in [5.74, 6) is -0.294. The number of hydrogen-bond donors (Lipinski definition) is 3. The van der Waals surface area contributed by atoms with Gasteiger partial charge in [0.25, 0.3) is 7.82 Å². The molecule has 0 aromatic carbocycles. The second-order valence-electron chi connectivity index (χ2n) is 19.3. The zero-order valence-corrected chi connectivity index (χ0v) is 44.6. The van der Waals surface area contributed by atoms with Crippen molar-refractivity contribution in [2.45, 2.75) is 231 Å².